The number of nitrogen functional groups attached to an aromatic ring is 1. The van der Waals surface area contributed by atoms with Gasteiger partial charge in [0.15, 0.2) is 0 Å². The number of nitrogens with two attached hydrogens (primary N) is 1. The first-order valence-corrected chi connectivity index (χ1v) is 11.2. The second kappa shape index (κ2) is 8.20. The molecule has 2 aromatic rings. The molecule has 31 heavy (non-hydrogen) atoms. The van der Waals surface area contributed by atoms with Gasteiger partial charge in [0.1, 0.15) is 5.82 Å². The van der Waals surface area contributed by atoms with Crippen LogP contribution in [0.5, 0.6) is 0 Å². The SMILES string of the molecule is COCCN1C[C@H](C)N(c2cc(-c3cnc(N)nc3)nc(N3CC4CC3C4)n2)C[C@@H]1C. The van der Waals surface area contributed by atoms with E-state index in [2.05, 4.69) is 44.6 Å². The van der Waals surface area contributed by atoms with Gasteiger partial charge in [-0.3, -0.25) is 4.90 Å². The monoisotopic (exact) mass is 424 g/mol. The predicted octanol–water partition coefficient (Wildman–Crippen LogP) is 1.66. The van der Waals surface area contributed by atoms with Gasteiger partial charge in [0.05, 0.1) is 12.3 Å². The number of rotatable bonds is 6. The normalized spacial score (nSPS) is 28.1. The fourth-order valence-corrected chi connectivity index (χ4v) is 5.13. The van der Waals surface area contributed by atoms with Crippen molar-refractivity contribution in [2.45, 2.75) is 44.8 Å². The number of hydrogen-bond donors (Lipinski definition) is 1. The smallest absolute Gasteiger partial charge is 0.228 e. The summed E-state index contributed by atoms with van der Waals surface area (Å²) in [4.78, 5) is 25.6. The molecule has 9 nitrogen and oxygen atoms in total. The van der Waals surface area contributed by atoms with Crippen LogP contribution in [0.4, 0.5) is 17.7 Å². The average molecular weight is 425 g/mol. The van der Waals surface area contributed by atoms with Crippen molar-refractivity contribution in [1.29, 1.82) is 0 Å². The highest BCUT2D eigenvalue weighted by atomic mass is 16.5. The standard InChI is InChI=1S/C22H32N8O/c1-14-12-29(15(2)11-28(14)4-5-31-3)20-8-19(17-9-24-21(23)25-10-17)26-22(27-20)30-13-16-6-18(30)7-16/h8-10,14-16,18H,4-7,11-13H2,1-3H3,(H2,23,24,25)/t14-,15-,16?,18?/m0/s1. The Balaban J connectivity index is 1.47. The maximum absolute atomic E-state index is 5.70. The van der Waals surface area contributed by atoms with Gasteiger partial charge in [-0.25, -0.2) is 15.0 Å². The van der Waals surface area contributed by atoms with Gasteiger partial charge in [0, 0.05) is 75.4 Å². The predicted molar refractivity (Wildman–Crippen MR) is 121 cm³/mol. The van der Waals surface area contributed by atoms with Crippen molar-refractivity contribution >= 4 is 17.7 Å². The maximum Gasteiger partial charge on any atom is 0.228 e. The highest BCUT2D eigenvalue weighted by molar-refractivity contribution is 5.65. The molecule has 3 aliphatic heterocycles. The van der Waals surface area contributed by atoms with Gasteiger partial charge in [-0.15, -0.1) is 0 Å². The first-order valence-electron chi connectivity index (χ1n) is 11.2. The van der Waals surface area contributed by atoms with E-state index in [4.69, 9.17) is 20.4 Å². The molecular formula is C22H32N8O. The minimum Gasteiger partial charge on any atom is -0.383 e. The van der Waals surface area contributed by atoms with E-state index < -0.39 is 0 Å². The lowest BCUT2D eigenvalue weighted by Gasteiger charge is -2.44. The number of aromatic nitrogens is 4. The quantitative estimate of drug-likeness (QED) is 0.742. The zero-order chi connectivity index (χ0) is 21.5. The second-order valence-corrected chi connectivity index (χ2v) is 9.22. The first-order chi connectivity index (χ1) is 15.0. The van der Waals surface area contributed by atoms with Crippen LogP contribution in [0.3, 0.4) is 0 Å². The van der Waals surface area contributed by atoms with Crippen molar-refractivity contribution < 1.29 is 4.74 Å². The van der Waals surface area contributed by atoms with Crippen molar-refractivity contribution in [3.05, 3.63) is 18.5 Å². The second-order valence-electron chi connectivity index (χ2n) is 9.22. The van der Waals surface area contributed by atoms with Crippen molar-refractivity contribution in [2.75, 3.05) is 55.4 Å². The third-order valence-electron chi connectivity index (χ3n) is 7.02. The van der Waals surface area contributed by atoms with Gasteiger partial charge in [0.25, 0.3) is 0 Å². The first kappa shape index (κ1) is 20.4. The number of hydrogen-bond acceptors (Lipinski definition) is 9. The van der Waals surface area contributed by atoms with Crippen LogP contribution in [0.15, 0.2) is 18.5 Å². The highest BCUT2D eigenvalue weighted by Gasteiger charge is 2.44. The molecule has 0 radical (unpaired) electrons. The summed E-state index contributed by atoms with van der Waals surface area (Å²) in [6, 6.07) is 3.43. The van der Waals surface area contributed by atoms with Gasteiger partial charge in [-0.1, -0.05) is 0 Å². The zero-order valence-electron chi connectivity index (χ0n) is 18.6. The van der Waals surface area contributed by atoms with Crippen molar-refractivity contribution in [3.63, 3.8) is 0 Å². The molecule has 4 fully saturated rings. The Hall–Kier alpha value is -2.52. The molecule has 3 saturated heterocycles. The number of fused-ring (bicyclic) bond motifs is 1. The Kier molecular flexibility index (Phi) is 5.39. The molecule has 2 bridgehead atoms. The van der Waals surface area contributed by atoms with E-state index in [-0.39, 0.29) is 5.95 Å². The molecule has 0 aromatic carbocycles. The third-order valence-corrected chi connectivity index (χ3v) is 7.02. The molecular weight excluding hydrogens is 392 g/mol. The summed E-state index contributed by atoms with van der Waals surface area (Å²) in [5, 5.41) is 0. The van der Waals surface area contributed by atoms with Crippen LogP contribution in [0.2, 0.25) is 0 Å². The molecule has 2 atom stereocenters. The van der Waals surface area contributed by atoms with Gasteiger partial charge in [-0.05, 0) is 32.6 Å². The largest absolute Gasteiger partial charge is 0.383 e. The molecule has 1 aliphatic carbocycles. The van der Waals surface area contributed by atoms with E-state index >= 15 is 0 Å². The number of ether oxygens (including phenoxy) is 1. The molecule has 6 rings (SSSR count). The maximum atomic E-state index is 5.70. The van der Waals surface area contributed by atoms with E-state index in [1.165, 1.54) is 12.8 Å². The minimum atomic E-state index is 0.272. The molecule has 4 aliphatic rings. The van der Waals surface area contributed by atoms with E-state index in [9.17, 15) is 0 Å². The van der Waals surface area contributed by atoms with Crippen LogP contribution >= 0.6 is 0 Å². The molecule has 0 unspecified atom stereocenters. The molecule has 9 heteroatoms. The van der Waals surface area contributed by atoms with Crippen molar-refractivity contribution in [3.8, 4) is 11.3 Å². The van der Waals surface area contributed by atoms with Gasteiger partial charge < -0.3 is 20.3 Å². The van der Waals surface area contributed by atoms with E-state index in [0.717, 1.165) is 61.7 Å². The number of piperazine rings is 1. The molecule has 2 N–H and O–H groups in total. The topological polar surface area (TPSA) is 96.5 Å². The fraction of sp³-hybridized carbons (Fsp3) is 0.636. The summed E-state index contributed by atoms with van der Waals surface area (Å²) < 4.78 is 5.30. The van der Waals surface area contributed by atoms with Crippen LogP contribution in [-0.2, 0) is 4.74 Å². The molecule has 166 valence electrons. The lowest BCUT2D eigenvalue weighted by Crippen LogP contribution is -2.57. The summed E-state index contributed by atoms with van der Waals surface area (Å²) in [5.74, 6) is 2.87. The Morgan fingerprint density at radius 1 is 1.03 bits per heavy atom. The van der Waals surface area contributed by atoms with Crippen LogP contribution in [0.25, 0.3) is 11.3 Å². The van der Waals surface area contributed by atoms with Crippen LogP contribution in [0, 0.1) is 5.92 Å². The summed E-state index contributed by atoms with van der Waals surface area (Å²) >= 11 is 0. The van der Waals surface area contributed by atoms with Crippen molar-refractivity contribution in [1.82, 2.24) is 24.8 Å². The van der Waals surface area contributed by atoms with Crippen LogP contribution < -0.4 is 15.5 Å². The lowest BCUT2D eigenvalue weighted by molar-refractivity contribution is 0.106. The number of anilines is 3. The molecule has 2 aromatic heterocycles. The van der Waals surface area contributed by atoms with E-state index in [1.807, 2.05) is 0 Å². The average Bonchev–Trinajstić information content (AvgIpc) is 3.36. The van der Waals surface area contributed by atoms with Crippen molar-refractivity contribution in [2.24, 2.45) is 5.92 Å². The van der Waals surface area contributed by atoms with E-state index in [0.29, 0.717) is 18.1 Å². The summed E-state index contributed by atoms with van der Waals surface area (Å²) in [7, 11) is 1.76. The Bertz CT molecular complexity index is 916. The molecule has 0 amide bonds. The Labute approximate surface area is 183 Å². The molecule has 1 saturated carbocycles. The minimum absolute atomic E-state index is 0.272. The van der Waals surface area contributed by atoms with Crippen LogP contribution in [-0.4, -0.2) is 82.9 Å². The van der Waals surface area contributed by atoms with Gasteiger partial charge in [-0.2, -0.15) is 4.98 Å². The van der Waals surface area contributed by atoms with Gasteiger partial charge >= 0.3 is 0 Å². The van der Waals surface area contributed by atoms with Crippen LogP contribution in [0.1, 0.15) is 26.7 Å². The highest BCUT2D eigenvalue weighted by Crippen LogP contribution is 2.43. The Morgan fingerprint density at radius 3 is 2.48 bits per heavy atom. The molecule has 5 heterocycles. The summed E-state index contributed by atoms with van der Waals surface area (Å²) in [6.07, 6.45) is 6.02. The number of methoxy groups -OCH3 is 1. The zero-order valence-corrected chi connectivity index (χ0v) is 18.6. The number of nitrogens with zero attached hydrogens (tertiary/aromatic N) is 7. The third kappa shape index (κ3) is 3.92. The molecule has 0 spiro atoms. The Morgan fingerprint density at radius 2 is 1.81 bits per heavy atom. The lowest BCUT2D eigenvalue weighted by atomic mass is 9.86. The van der Waals surface area contributed by atoms with E-state index in [1.54, 1.807) is 19.5 Å². The fourth-order valence-electron chi connectivity index (χ4n) is 5.13. The summed E-state index contributed by atoms with van der Waals surface area (Å²) in [5.41, 5.74) is 7.42. The summed E-state index contributed by atoms with van der Waals surface area (Å²) in [6.45, 7) is 9.22. The van der Waals surface area contributed by atoms with Gasteiger partial charge in [0.2, 0.25) is 11.9 Å².